The summed E-state index contributed by atoms with van der Waals surface area (Å²) >= 11 is 6.13. The average Bonchev–Trinajstić information content (AvgIpc) is 2.41. The molecule has 0 aliphatic carbocycles. The first-order chi connectivity index (χ1) is 8.63. The third-order valence-corrected chi connectivity index (χ3v) is 3.44. The summed E-state index contributed by atoms with van der Waals surface area (Å²) in [6, 6.07) is 13.4. The molecule has 2 nitrogen and oxygen atoms in total. The predicted octanol–water partition coefficient (Wildman–Crippen LogP) is 3.71. The summed E-state index contributed by atoms with van der Waals surface area (Å²) in [6.07, 6.45) is 0. The van der Waals surface area contributed by atoms with E-state index >= 15 is 0 Å². The molecule has 1 atom stereocenters. The van der Waals surface area contributed by atoms with E-state index in [1.807, 2.05) is 49.4 Å². The second kappa shape index (κ2) is 5.42. The van der Waals surface area contributed by atoms with Gasteiger partial charge in [0.1, 0.15) is 5.75 Å². The molecule has 3 heteroatoms. The maximum atomic E-state index is 6.27. The fourth-order valence-corrected chi connectivity index (χ4v) is 2.09. The largest absolute Gasteiger partial charge is 0.496 e. The number of hydrogen-bond acceptors (Lipinski definition) is 2. The van der Waals surface area contributed by atoms with Gasteiger partial charge in [0.05, 0.1) is 13.2 Å². The maximum Gasteiger partial charge on any atom is 0.123 e. The van der Waals surface area contributed by atoms with Crippen molar-refractivity contribution >= 4 is 11.6 Å². The molecule has 0 amide bonds. The van der Waals surface area contributed by atoms with Crippen LogP contribution < -0.4 is 10.5 Å². The Kier molecular flexibility index (Phi) is 3.90. The van der Waals surface area contributed by atoms with Crippen LogP contribution in [0.1, 0.15) is 22.7 Å². The van der Waals surface area contributed by atoms with Crippen LogP contribution in [0, 0.1) is 6.92 Å². The lowest BCUT2D eigenvalue weighted by Crippen LogP contribution is -2.13. The van der Waals surface area contributed by atoms with Gasteiger partial charge in [-0.3, -0.25) is 0 Å². The highest BCUT2D eigenvalue weighted by molar-refractivity contribution is 6.31. The van der Waals surface area contributed by atoms with Crippen LogP contribution in [0.4, 0.5) is 0 Å². The van der Waals surface area contributed by atoms with Gasteiger partial charge in [-0.1, -0.05) is 41.9 Å². The van der Waals surface area contributed by atoms with E-state index in [1.165, 1.54) is 0 Å². The highest BCUT2D eigenvalue weighted by atomic mass is 35.5. The van der Waals surface area contributed by atoms with Gasteiger partial charge in [0.2, 0.25) is 0 Å². The Morgan fingerprint density at radius 2 is 1.89 bits per heavy atom. The van der Waals surface area contributed by atoms with Crippen LogP contribution in [0.5, 0.6) is 5.75 Å². The molecule has 0 heterocycles. The highest BCUT2D eigenvalue weighted by Crippen LogP contribution is 2.29. The number of rotatable bonds is 3. The van der Waals surface area contributed by atoms with Crippen LogP contribution in [-0.4, -0.2) is 7.11 Å². The first-order valence-electron chi connectivity index (χ1n) is 5.78. The zero-order valence-electron chi connectivity index (χ0n) is 10.5. The first kappa shape index (κ1) is 12.9. The molecule has 18 heavy (non-hydrogen) atoms. The van der Waals surface area contributed by atoms with Crippen molar-refractivity contribution in [2.75, 3.05) is 7.11 Å². The fourth-order valence-electron chi connectivity index (χ4n) is 1.91. The lowest BCUT2D eigenvalue weighted by atomic mass is 9.98. The second-order valence-corrected chi connectivity index (χ2v) is 4.64. The van der Waals surface area contributed by atoms with Gasteiger partial charge in [-0.05, 0) is 30.2 Å². The summed E-state index contributed by atoms with van der Waals surface area (Å²) in [7, 11) is 1.65. The van der Waals surface area contributed by atoms with Crippen molar-refractivity contribution in [2.45, 2.75) is 13.0 Å². The molecule has 0 aliphatic rings. The van der Waals surface area contributed by atoms with Gasteiger partial charge in [-0.15, -0.1) is 0 Å². The minimum Gasteiger partial charge on any atom is -0.496 e. The lowest BCUT2D eigenvalue weighted by molar-refractivity contribution is 0.408. The number of aryl methyl sites for hydroxylation is 1. The van der Waals surface area contributed by atoms with Crippen LogP contribution in [0.3, 0.4) is 0 Å². The van der Waals surface area contributed by atoms with Gasteiger partial charge in [0.15, 0.2) is 0 Å². The smallest absolute Gasteiger partial charge is 0.123 e. The van der Waals surface area contributed by atoms with Crippen molar-refractivity contribution in [1.29, 1.82) is 0 Å². The van der Waals surface area contributed by atoms with Crippen molar-refractivity contribution in [1.82, 2.24) is 0 Å². The molecule has 2 aromatic rings. The minimum atomic E-state index is -0.237. The standard InChI is InChI=1S/C15H16ClNO/c1-10-7-8-11(9-13(10)16)15(17)12-5-3-4-6-14(12)18-2/h3-9,15H,17H2,1-2H3. The number of methoxy groups -OCH3 is 1. The summed E-state index contributed by atoms with van der Waals surface area (Å²) < 4.78 is 5.33. The second-order valence-electron chi connectivity index (χ2n) is 4.23. The minimum absolute atomic E-state index is 0.237. The summed E-state index contributed by atoms with van der Waals surface area (Å²) in [5, 5.41) is 0.734. The van der Waals surface area contributed by atoms with Crippen LogP contribution in [-0.2, 0) is 0 Å². The Labute approximate surface area is 112 Å². The van der Waals surface area contributed by atoms with Gasteiger partial charge in [-0.2, -0.15) is 0 Å². The zero-order chi connectivity index (χ0) is 13.1. The Bertz CT molecular complexity index is 554. The van der Waals surface area contributed by atoms with E-state index in [-0.39, 0.29) is 6.04 Å². The van der Waals surface area contributed by atoms with Crippen molar-refractivity contribution in [3.05, 3.63) is 64.2 Å². The molecule has 1 unspecified atom stereocenters. The molecule has 0 saturated carbocycles. The Hall–Kier alpha value is -1.51. The van der Waals surface area contributed by atoms with Crippen LogP contribution in [0.25, 0.3) is 0 Å². The van der Waals surface area contributed by atoms with Crippen molar-refractivity contribution in [2.24, 2.45) is 5.73 Å². The number of nitrogens with two attached hydrogens (primary N) is 1. The molecule has 0 aliphatic heterocycles. The van der Waals surface area contributed by atoms with E-state index in [2.05, 4.69) is 0 Å². The fraction of sp³-hybridized carbons (Fsp3) is 0.200. The maximum absolute atomic E-state index is 6.27. The van der Waals surface area contributed by atoms with E-state index in [0.29, 0.717) is 0 Å². The normalized spacial score (nSPS) is 12.2. The Morgan fingerprint density at radius 1 is 1.17 bits per heavy atom. The predicted molar refractivity (Wildman–Crippen MR) is 75.2 cm³/mol. The number of hydrogen-bond donors (Lipinski definition) is 1. The molecular formula is C15H16ClNO. The van der Waals surface area contributed by atoms with Crippen LogP contribution >= 0.6 is 11.6 Å². The molecule has 0 fully saturated rings. The molecule has 0 spiro atoms. The van der Waals surface area contributed by atoms with Gasteiger partial charge in [0.25, 0.3) is 0 Å². The molecule has 2 rings (SSSR count). The molecule has 0 aromatic heterocycles. The monoisotopic (exact) mass is 261 g/mol. The van der Waals surface area contributed by atoms with E-state index in [4.69, 9.17) is 22.1 Å². The number of benzene rings is 2. The van der Waals surface area contributed by atoms with Crippen LogP contribution in [0.15, 0.2) is 42.5 Å². The van der Waals surface area contributed by atoms with Gasteiger partial charge in [0, 0.05) is 10.6 Å². The van der Waals surface area contributed by atoms with E-state index in [1.54, 1.807) is 7.11 Å². The molecule has 0 radical (unpaired) electrons. The van der Waals surface area contributed by atoms with Gasteiger partial charge >= 0.3 is 0 Å². The third-order valence-electron chi connectivity index (χ3n) is 3.03. The molecule has 0 saturated heterocycles. The lowest BCUT2D eigenvalue weighted by Gasteiger charge is -2.16. The third kappa shape index (κ3) is 2.50. The zero-order valence-corrected chi connectivity index (χ0v) is 11.2. The van der Waals surface area contributed by atoms with Crippen molar-refractivity contribution in [3.63, 3.8) is 0 Å². The summed E-state index contributed by atoms with van der Waals surface area (Å²) in [5.74, 6) is 0.793. The summed E-state index contributed by atoms with van der Waals surface area (Å²) in [5.41, 5.74) is 9.26. The highest BCUT2D eigenvalue weighted by Gasteiger charge is 2.14. The topological polar surface area (TPSA) is 35.2 Å². The molecule has 2 N–H and O–H groups in total. The van der Waals surface area contributed by atoms with Gasteiger partial charge < -0.3 is 10.5 Å². The van der Waals surface area contributed by atoms with E-state index in [9.17, 15) is 0 Å². The number of para-hydroxylation sites is 1. The Morgan fingerprint density at radius 3 is 2.56 bits per heavy atom. The van der Waals surface area contributed by atoms with E-state index in [0.717, 1.165) is 27.5 Å². The van der Waals surface area contributed by atoms with Crippen molar-refractivity contribution in [3.8, 4) is 5.75 Å². The summed E-state index contributed by atoms with van der Waals surface area (Å²) in [4.78, 5) is 0. The molecule has 94 valence electrons. The SMILES string of the molecule is COc1ccccc1C(N)c1ccc(C)c(Cl)c1. The molecular weight excluding hydrogens is 246 g/mol. The summed E-state index contributed by atoms with van der Waals surface area (Å²) in [6.45, 7) is 1.97. The van der Waals surface area contributed by atoms with Crippen LogP contribution in [0.2, 0.25) is 5.02 Å². The average molecular weight is 262 g/mol. The first-order valence-corrected chi connectivity index (χ1v) is 6.16. The van der Waals surface area contributed by atoms with Crippen molar-refractivity contribution < 1.29 is 4.74 Å². The number of ether oxygens (including phenoxy) is 1. The van der Waals surface area contributed by atoms with Gasteiger partial charge in [-0.25, -0.2) is 0 Å². The number of halogens is 1. The quantitative estimate of drug-likeness (QED) is 0.914. The molecule has 2 aromatic carbocycles. The molecule has 0 bridgehead atoms. The Balaban J connectivity index is 2.41. The van der Waals surface area contributed by atoms with E-state index < -0.39 is 0 Å².